The number of benzene rings is 2. The normalized spacial score (nSPS) is 20.1. The molecule has 1 aliphatic rings. The third kappa shape index (κ3) is 3.90. The lowest BCUT2D eigenvalue weighted by atomic mass is 10.0. The van der Waals surface area contributed by atoms with E-state index in [0.717, 1.165) is 15.1 Å². The lowest BCUT2D eigenvalue weighted by Crippen LogP contribution is -2.23. The van der Waals surface area contributed by atoms with Gasteiger partial charge in [-0.15, -0.1) is 11.8 Å². The minimum Gasteiger partial charge on any atom is -0.465 e. The Labute approximate surface area is 148 Å². The first kappa shape index (κ1) is 16.4. The number of carbonyl (C=O) groups is 1. The molecule has 0 aliphatic carbocycles. The molecule has 0 spiro atoms. The van der Waals surface area contributed by atoms with Crippen LogP contribution in [-0.4, -0.2) is 17.8 Å². The molecule has 1 N–H and O–H groups in total. The highest BCUT2D eigenvalue weighted by Crippen LogP contribution is 2.41. The largest absolute Gasteiger partial charge is 0.465 e. The van der Waals surface area contributed by atoms with Crippen molar-refractivity contribution in [2.45, 2.75) is 29.5 Å². The molecule has 0 aromatic heterocycles. The Bertz CT molecular complexity index is 690. The fourth-order valence-corrected chi connectivity index (χ4v) is 4.08. The second-order valence-corrected chi connectivity index (χ2v) is 7.50. The summed E-state index contributed by atoms with van der Waals surface area (Å²) in [5.41, 5.74) is 2.23. The van der Waals surface area contributed by atoms with Crippen molar-refractivity contribution in [2.24, 2.45) is 0 Å². The van der Waals surface area contributed by atoms with Crippen LogP contribution in [0.5, 0.6) is 0 Å². The Morgan fingerprint density at radius 3 is 2.74 bits per heavy atom. The van der Waals surface area contributed by atoms with Crippen LogP contribution < -0.4 is 5.32 Å². The maximum absolute atomic E-state index is 12.3. The van der Waals surface area contributed by atoms with Gasteiger partial charge in [-0.1, -0.05) is 40.2 Å². The zero-order valence-electron chi connectivity index (χ0n) is 12.8. The number of nitrogens with one attached hydrogen (secondary N) is 1. The minimum atomic E-state index is -0.209. The van der Waals surface area contributed by atoms with Crippen molar-refractivity contribution < 1.29 is 9.53 Å². The predicted octanol–water partition coefficient (Wildman–Crippen LogP) is 5.03. The highest BCUT2D eigenvalue weighted by atomic mass is 79.9. The third-order valence-electron chi connectivity index (χ3n) is 3.76. The zero-order chi connectivity index (χ0) is 16.2. The quantitative estimate of drug-likeness (QED) is 0.744. The van der Waals surface area contributed by atoms with E-state index in [9.17, 15) is 4.79 Å². The molecule has 5 heteroatoms. The van der Waals surface area contributed by atoms with Crippen LogP contribution in [-0.2, 0) is 9.53 Å². The molecule has 2 aromatic rings. The summed E-state index contributed by atoms with van der Waals surface area (Å²) >= 11 is 5.05. The highest BCUT2D eigenvalue weighted by molar-refractivity contribution is 9.10. The number of ether oxygens (including phenoxy) is 1. The number of para-hydroxylation sites is 1. The van der Waals surface area contributed by atoms with Crippen LogP contribution in [0.4, 0.5) is 5.69 Å². The maximum Gasteiger partial charge on any atom is 0.319 e. The van der Waals surface area contributed by atoms with Crippen LogP contribution in [0.15, 0.2) is 57.9 Å². The van der Waals surface area contributed by atoms with Gasteiger partial charge >= 0.3 is 5.97 Å². The van der Waals surface area contributed by atoms with Crippen molar-refractivity contribution in [3.05, 3.63) is 58.6 Å². The molecule has 0 saturated carbocycles. The number of halogens is 1. The first-order valence-corrected chi connectivity index (χ1v) is 9.29. The molecule has 1 heterocycles. The number of esters is 1. The van der Waals surface area contributed by atoms with Crippen molar-refractivity contribution in [3.8, 4) is 0 Å². The summed E-state index contributed by atoms with van der Waals surface area (Å²) in [7, 11) is 0. The van der Waals surface area contributed by atoms with Crippen LogP contribution in [0.3, 0.4) is 0 Å². The van der Waals surface area contributed by atoms with Gasteiger partial charge in [0.2, 0.25) is 0 Å². The van der Waals surface area contributed by atoms with Crippen LogP contribution >= 0.6 is 27.7 Å². The summed E-state index contributed by atoms with van der Waals surface area (Å²) in [6, 6.07) is 16.4. The molecule has 0 radical (unpaired) electrons. The van der Waals surface area contributed by atoms with Crippen molar-refractivity contribution in [1.82, 2.24) is 0 Å². The molecule has 1 aliphatic heterocycles. The van der Waals surface area contributed by atoms with Crippen LogP contribution in [0.1, 0.15) is 24.9 Å². The van der Waals surface area contributed by atoms with Gasteiger partial charge < -0.3 is 10.1 Å². The van der Waals surface area contributed by atoms with Gasteiger partial charge in [-0.3, -0.25) is 4.79 Å². The third-order valence-corrected chi connectivity index (χ3v) is 5.57. The number of carbonyl (C=O) groups excluding carboxylic acids is 1. The van der Waals surface area contributed by atoms with Gasteiger partial charge in [0.05, 0.1) is 12.6 Å². The number of anilines is 1. The molecule has 0 saturated heterocycles. The topological polar surface area (TPSA) is 38.3 Å². The number of hydrogen-bond donors (Lipinski definition) is 1. The van der Waals surface area contributed by atoms with Crippen LogP contribution in [0, 0.1) is 0 Å². The number of fused-ring (bicyclic) bond motifs is 1. The lowest BCUT2D eigenvalue weighted by molar-refractivity contribution is -0.142. The van der Waals surface area contributed by atoms with Crippen molar-refractivity contribution >= 4 is 39.3 Å². The fourth-order valence-electron chi connectivity index (χ4n) is 2.64. The van der Waals surface area contributed by atoms with E-state index < -0.39 is 0 Å². The van der Waals surface area contributed by atoms with Gasteiger partial charge in [0.1, 0.15) is 5.25 Å². The standard InChI is InChI=1S/C18H18BrNO2S/c1-2-22-18(21)17-11-15(12-7-9-13(19)10-8-12)20-14-5-3-4-6-16(14)23-17/h3-10,15,17,20H,2,11H2,1H3. The van der Waals surface area contributed by atoms with Gasteiger partial charge in [0.15, 0.2) is 0 Å². The zero-order valence-corrected chi connectivity index (χ0v) is 15.2. The van der Waals surface area contributed by atoms with E-state index in [1.54, 1.807) is 11.8 Å². The molecule has 0 fully saturated rings. The summed E-state index contributed by atoms with van der Waals surface area (Å²) < 4.78 is 6.31. The van der Waals surface area contributed by atoms with E-state index in [4.69, 9.17) is 4.74 Å². The SMILES string of the molecule is CCOC(=O)C1CC(c2ccc(Br)cc2)Nc2ccccc2S1. The van der Waals surface area contributed by atoms with E-state index in [1.807, 2.05) is 37.3 Å². The summed E-state index contributed by atoms with van der Waals surface area (Å²) in [4.78, 5) is 13.4. The molecular formula is C18H18BrNO2S. The van der Waals surface area contributed by atoms with E-state index >= 15 is 0 Å². The molecule has 3 nitrogen and oxygen atoms in total. The van der Waals surface area contributed by atoms with E-state index in [1.165, 1.54) is 5.56 Å². The van der Waals surface area contributed by atoms with E-state index in [0.29, 0.717) is 13.0 Å². The first-order chi connectivity index (χ1) is 11.2. The Kier molecular flexibility index (Phi) is 5.28. The van der Waals surface area contributed by atoms with Crippen LogP contribution in [0.2, 0.25) is 0 Å². The van der Waals surface area contributed by atoms with Gasteiger partial charge in [-0.25, -0.2) is 0 Å². The minimum absolute atomic E-state index is 0.0775. The second kappa shape index (κ2) is 7.41. The Morgan fingerprint density at radius 2 is 2.00 bits per heavy atom. The Hall–Kier alpha value is -1.46. The molecule has 0 amide bonds. The number of hydrogen-bond acceptors (Lipinski definition) is 4. The molecule has 23 heavy (non-hydrogen) atoms. The van der Waals surface area contributed by atoms with Gasteiger partial charge in [-0.05, 0) is 43.2 Å². The molecule has 0 bridgehead atoms. The Morgan fingerprint density at radius 1 is 1.26 bits per heavy atom. The van der Waals surface area contributed by atoms with Crippen molar-refractivity contribution in [3.63, 3.8) is 0 Å². The van der Waals surface area contributed by atoms with E-state index in [-0.39, 0.29) is 17.3 Å². The molecule has 120 valence electrons. The predicted molar refractivity (Wildman–Crippen MR) is 97.8 cm³/mol. The first-order valence-electron chi connectivity index (χ1n) is 7.61. The summed E-state index contributed by atoms with van der Waals surface area (Å²) in [5, 5.41) is 3.37. The van der Waals surface area contributed by atoms with Gasteiger partial charge in [0, 0.05) is 15.1 Å². The van der Waals surface area contributed by atoms with Crippen molar-refractivity contribution in [1.29, 1.82) is 0 Å². The second-order valence-electron chi connectivity index (χ2n) is 5.34. The maximum atomic E-state index is 12.3. The molecule has 3 rings (SSSR count). The summed E-state index contributed by atoms with van der Waals surface area (Å²) in [6.07, 6.45) is 0.694. The average molecular weight is 392 g/mol. The number of rotatable bonds is 3. The average Bonchev–Trinajstić information content (AvgIpc) is 2.75. The lowest BCUT2D eigenvalue weighted by Gasteiger charge is -2.20. The van der Waals surface area contributed by atoms with Crippen LogP contribution in [0.25, 0.3) is 0 Å². The van der Waals surface area contributed by atoms with E-state index in [2.05, 4.69) is 39.4 Å². The number of thioether (sulfide) groups is 1. The van der Waals surface area contributed by atoms with Crippen molar-refractivity contribution in [2.75, 3.05) is 11.9 Å². The molecule has 2 aromatic carbocycles. The molecule has 2 atom stereocenters. The fraction of sp³-hybridized carbons (Fsp3) is 0.278. The molecule has 2 unspecified atom stereocenters. The smallest absolute Gasteiger partial charge is 0.319 e. The summed E-state index contributed by atoms with van der Waals surface area (Å²) in [5.74, 6) is -0.141. The van der Waals surface area contributed by atoms with Gasteiger partial charge in [0.25, 0.3) is 0 Å². The Balaban J connectivity index is 1.93. The highest BCUT2D eigenvalue weighted by Gasteiger charge is 2.30. The monoisotopic (exact) mass is 391 g/mol. The molecular weight excluding hydrogens is 374 g/mol. The summed E-state index contributed by atoms with van der Waals surface area (Å²) in [6.45, 7) is 2.26. The van der Waals surface area contributed by atoms with Gasteiger partial charge in [-0.2, -0.15) is 0 Å².